The molecule has 6 nitrogen and oxygen atoms in total. The van der Waals surface area contributed by atoms with Crippen LogP contribution in [0.4, 0.5) is 5.69 Å². The molecule has 3 N–H and O–H groups in total. The Bertz CT molecular complexity index is 423. The van der Waals surface area contributed by atoms with Crippen LogP contribution in [0.25, 0.3) is 0 Å². The number of anilines is 1. The zero-order chi connectivity index (χ0) is 16.8. The molecule has 0 saturated heterocycles. The van der Waals surface area contributed by atoms with Crippen LogP contribution in [-0.2, 0) is 14.2 Å². The number of carbonyl (C=O) groups excluding carboxylic acids is 1. The van der Waals surface area contributed by atoms with E-state index in [1.54, 1.807) is 12.1 Å². The van der Waals surface area contributed by atoms with Gasteiger partial charge in [0.05, 0.1) is 32.0 Å². The quantitative estimate of drug-likeness (QED) is 0.427. The van der Waals surface area contributed by atoms with Crippen LogP contribution in [0.15, 0.2) is 24.3 Å². The number of nitrogens with two attached hydrogens (primary N) is 1. The van der Waals surface area contributed by atoms with Gasteiger partial charge in [-0.05, 0) is 30.7 Å². The van der Waals surface area contributed by atoms with Gasteiger partial charge in [0.25, 0.3) is 0 Å². The van der Waals surface area contributed by atoms with Crippen molar-refractivity contribution in [1.82, 2.24) is 0 Å². The summed E-state index contributed by atoms with van der Waals surface area (Å²) in [7, 11) is 0. The summed E-state index contributed by atoms with van der Waals surface area (Å²) in [6, 6.07) is 7.30. The van der Waals surface area contributed by atoms with Crippen LogP contribution < -0.4 is 11.1 Å². The Morgan fingerprint density at radius 1 is 1.04 bits per heavy atom. The Hall–Kier alpha value is -1.63. The average molecular weight is 324 g/mol. The molecule has 0 radical (unpaired) electrons. The van der Waals surface area contributed by atoms with E-state index in [1.807, 2.05) is 12.1 Å². The smallest absolute Gasteiger partial charge is 0.338 e. The van der Waals surface area contributed by atoms with E-state index >= 15 is 0 Å². The second-order valence-corrected chi connectivity index (χ2v) is 5.01. The number of carbonyl (C=O) groups is 1. The van der Waals surface area contributed by atoms with E-state index in [9.17, 15) is 4.79 Å². The van der Waals surface area contributed by atoms with Crippen molar-refractivity contribution in [3.63, 3.8) is 0 Å². The van der Waals surface area contributed by atoms with Gasteiger partial charge in [-0.1, -0.05) is 13.3 Å². The molecule has 0 saturated carbocycles. The fourth-order valence-corrected chi connectivity index (χ4v) is 1.82. The predicted octanol–water partition coefficient (Wildman–Crippen LogP) is 2.05. The Morgan fingerprint density at radius 3 is 2.35 bits per heavy atom. The van der Waals surface area contributed by atoms with Crippen LogP contribution in [0.2, 0.25) is 0 Å². The fourth-order valence-electron chi connectivity index (χ4n) is 1.82. The van der Waals surface area contributed by atoms with Gasteiger partial charge in [0.15, 0.2) is 0 Å². The lowest BCUT2D eigenvalue weighted by Gasteiger charge is -2.08. The Balaban J connectivity index is 2.14. The molecule has 0 unspecified atom stereocenters. The van der Waals surface area contributed by atoms with Crippen molar-refractivity contribution in [2.45, 2.75) is 19.8 Å². The van der Waals surface area contributed by atoms with Crippen LogP contribution in [0.3, 0.4) is 0 Å². The largest absolute Gasteiger partial charge is 0.460 e. The first-order valence-electron chi connectivity index (χ1n) is 8.14. The molecular weight excluding hydrogens is 296 g/mol. The number of benzene rings is 1. The summed E-state index contributed by atoms with van der Waals surface area (Å²) in [5.41, 5.74) is 6.84. The Morgan fingerprint density at radius 2 is 1.70 bits per heavy atom. The molecule has 1 rings (SSSR count). The molecule has 0 aliphatic heterocycles. The van der Waals surface area contributed by atoms with Crippen molar-refractivity contribution in [2.24, 2.45) is 5.73 Å². The number of ether oxygens (including phenoxy) is 3. The molecule has 6 heteroatoms. The SMILES string of the molecule is CCCCNc1ccc(C(=O)OCCOCCOCCN)cc1. The maximum atomic E-state index is 11.9. The lowest BCUT2D eigenvalue weighted by atomic mass is 10.2. The third kappa shape index (κ3) is 9.18. The fraction of sp³-hybridized carbons (Fsp3) is 0.588. The number of rotatable bonds is 13. The summed E-state index contributed by atoms with van der Waals surface area (Å²) in [4.78, 5) is 11.9. The molecule has 0 aromatic heterocycles. The molecule has 0 aliphatic rings. The average Bonchev–Trinajstić information content (AvgIpc) is 2.58. The normalized spacial score (nSPS) is 10.5. The summed E-state index contributed by atoms with van der Waals surface area (Å²) >= 11 is 0. The topological polar surface area (TPSA) is 82.8 Å². The van der Waals surface area contributed by atoms with E-state index < -0.39 is 0 Å². The van der Waals surface area contributed by atoms with Gasteiger partial charge in [0, 0.05) is 18.8 Å². The van der Waals surface area contributed by atoms with E-state index in [4.69, 9.17) is 19.9 Å². The maximum absolute atomic E-state index is 11.9. The minimum atomic E-state index is -0.340. The summed E-state index contributed by atoms with van der Waals surface area (Å²) in [6.07, 6.45) is 2.28. The van der Waals surface area contributed by atoms with Gasteiger partial charge in [-0.25, -0.2) is 4.79 Å². The van der Waals surface area contributed by atoms with Gasteiger partial charge in [0.2, 0.25) is 0 Å². The standard InChI is InChI=1S/C17H28N2O4/c1-2-3-9-19-16-6-4-15(5-7-16)17(20)23-14-13-22-12-11-21-10-8-18/h4-7,19H,2-3,8-14,18H2,1H3. The highest BCUT2D eigenvalue weighted by Gasteiger charge is 2.06. The lowest BCUT2D eigenvalue weighted by Crippen LogP contribution is -2.15. The third-order valence-electron chi connectivity index (χ3n) is 3.08. The van der Waals surface area contributed by atoms with Crippen LogP contribution in [0, 0.1) is 0 Å². The number of hydrogen-bond acceptors (Lipinski definition) is 6. The molecule has 0 fully saturated rings. The molecule has 0 heterocycles. The van der Waals surface area contributed by atoms with Gasteiger partial charge in [-0.15, -0.1) is 0 Å². The number of unbranched alkanes of at least 4 members (excludes halogenated alkanes) is 1. The summed E-state index contributed by atoms with van der Waals surface area (Å²) in [6.45, 7) is 5.67. The minimum absolute atomic E-state index is 0.228. The van der Waals surface area contributed by atoms with Gasteiger partial charge >= 0.3 is 5.97 Å². The first-order chi connectivity index (χ1) is 11.3. The van der Waals surface area contributed by atoms with Crippen LogP contribution in [0.1, 0.15) is 30.1 Å². The van der Waals surface area contributed by atoms with E-state index in [0.717, 1.165) is 25.1 Å². The molecule has 0 aliphatic carbocycles. The van der Waals surface area contributed by atoms with Crippen molar-refractivity contribution in [1.29, 1.82) is 0 Å². The summed E-state index contributed by atoms with van der Waals surface area (Å²) in [5.74, 6) is -0.340. The van der Waals surface area contributed by atoms with E-state index in [-0.39, 0.29) is 12.6 Å². The van der Waals surface area contributed by atoms with Crippen molar-refractivity contribution < 1.29 is 19.0 Å². The number of esters is 1. The molecule has 0 bridgehead atoms. The first-order valence-corrected chi connectivity index (χ1v) is 8.14. The molecule has 23 heavy (non-hydrogen) atoms. The molecule has 130 valence electrons. The van der Waals surface area contributed by atoms with Crippen LogP contribution in [0.5, 0.6) is 0 Å². The van der Waals surface area contributed by atoms with Crippen LogP contribution in [-0.4, -0.2) is 52.1 Å². The molecule has 0 amide bonds. The highest BCUT2D eigenvalue weighted by molar-refractivity contribution is 5.89. The van der Waals surface area contributed by atoms with Gasteiger partial charge in [-0.3, -0.25) is 0 Å². The monoisotopic (exact) mass is 324 g/mol. The first kappa shape index (κ1) is 19.4. The lowest BCUT2D eigenvalue weighted by molar-refractivity contribution is 0.0157. The summed E-state index contributed by atoms with van der Waals surface area (Å²) in [5, 5.41) is 3.30. The number of hydrogen-bond donors (Lipinski definition) is 2. The Labute approximate surface area is 138 Å². The summed E-state index contributed by atoms with van der Waals surface area (Å²) < 4.78 is 15.6. The highest BCUT2D eigenvalue weighted by atomic mass is 16.6. The zero-order valence-electron chi connectivity index (χ0n) is 13.9. The van der Waals surface area contributed by atoms with E-state index in [2.05, 4.69) is 12.2 Å². The number of nitrogens with one attached hydrogen (secondary N) is 1. The zero-order valence-corrected chi connectivity index (χ0v) is 13.9. The van der Waals surface area contributed by atoms with Gasteiger partial charge in [-0.2, -0.15) is 0 Å². The maximum Gasteiger partial charge on any atom is 0.338 e. The highest BCUT2D eigenvalue weighted by Crippen LogP contribution is 2.10. The van der Waals surface area contributed by atoms with Crippen molar-refractivity contribution in [2.75, 3.05) is 51.4 Å². The molecule has 1 aromatic carbocycles. The molecule has 0 spiro atoms. The van der Waals surface area contributed by atoms with Crippen molar-refractivity contribution in [3.05, 3.63) is 29.8 Å². The van der Waals surface area contributed by atoms with Crippen molar-refractivity contribution in [3.8, 4) is 0 Å². The molecular formula is C17H28N2O4. The van der Waals surface area contributed by atoms with E-state index in [0.29, 0.717) is 38.5 Å². The third-order valence-corrected chi connectivity index (χ3v) is 3.08. The van der Waals surface area contributed by atoms with Crippen LogP contribution >= 0.6 is 0 Å². The van der Waals surface area contributed by atoms with Gasteiger partial charge in [0.1, 0.15) is 6.61 Å². The second kappa shape index (κ2) is 12.9. The predicted molar refractivity (Wildman–Crippen MR) is 90.8 cm³/mol. The minimum Gasteiger partial charge on any atom is -0.460 e. The van der Waals surface area contributed by atoms with Crippen molar-refractivity contribution >= 4 is 11.7 Å². The second-order valence-electron chi connectivity index (χ2n) is 5.01. The Kier molecular flexibility index (Phi) is 10.9. The molecule has 1 aromatic rings. The van der Waals surface area contributed by atoms with E-state index in [1.165, 1.54) is 0 Å². The van der Waals surface area contributed by atoms with Gasteiger partial charge < -0.3 is 25.3 Å². The molecule has 0 atom stereocenters.